The molecule has 0 N–H and O–H groups in total. The Morgan fingerprint density at radius 2 is 1.71 bits per heavy atom. The van der Waals surface area contributed by atoms with Crippen molar-refractivity contribution in [1.82, 2.24) is 9.21 Å². The number of rotatable bonds is 6. The van der Waals surface area contributed by atoms with Crippen molar-refractivity contribution in [3.8, 4) is 5.75 Å². The molecule has 2 aromatic rings. The summed E-state index contributed by atoms with van der Waals surface area (Å²) in [6, 6.07) is 8.59. The van der Waals surface area contributed by atoms with Gasteiger partial charge in [0.05, 0.1) is 9.82 Å². The van der Waals surface area contributed by atoms with Crippen molar-refractivity contribution in [3.05, 3.63) is 69.8 Å². The van der Waals surface area contributed by atoms with Crippen LogP contribution in [-0.4, -0.2) is 61.0 Å². The number of ether oxygens (including phenoxy) is 1. The molecule has 182 valence electrons. The van der Waals surface area contributed by atoms with Gasteiger partial charge >= 0.3 is 6.36 Å². The van der Waals surface area contributed by atoms with Crippen molar-refractivity contribution >= 4 is 27.7 Å². The van der Waals surface area contributed by atoms with E-state index in [1.807, 2.05) is 0 Å². The van der Waals surface area contributed by atoms with Crippen LogP contribution in [0, 0.1) is 17.0 Å². The van der Waals surface area contributed by atoms with Gasteiger partial charge in [-0.05, 0) is 36.3 Å². The Balaban J connectivity index is 1.61. The first kappa shape index (κ1) is 25.2. The van der Waals surface area contributed by atoms with Crippen LogP contribution in [0.2, 0.25) is 0 Å². The molecule has 1 aliphatic rings. The number of alkyl halides is 3. The molecule has 0 unspecified atom stereocenters. The van der Waals surface area contributed by atoms with Gasteiger partial charge in [0.25, 0.3) is 5.69 Å². The number of nitrogens with zero attached hydrogens (tertiary/aromatic N) is 3. The van der Waals surface area contributed by atoms with E-state index in [1.165, 1.54) is 45.6 Å². The normalized spacial score (nSPS) is 15.5. The highest BCUT2D eigenvalue weighted by Gasteiger charge is 2.32. The SMILES string of the molecule is Cc1ccc([N+](=O)[O-])cc1S(=O)(=O)N1CCN(C(=O)/C=C/c2ccc(OC(F)(F)F)cc2)CC1. The van der Waals surface area contributed by atoms with Crippen molar-refractivity contribution in [2.75, 3.05) is 26.2 Å². The third kappa shape index (κ3) is 6.11. The molecule has 1 heterocycles. The van der Waals surface area contributed by atoms with Crippen molar-refractivity contribution in [1.29, 1.82) is 0 Å². The Morgan fingerprint density at radius 1 is 1.09 bits per heavy atom. The largest absolute Gasteiger partial charge is 0.573 e. The summed E-state index contributed by atoms with van der Waals surface area (Å²) in [5, 5.41) is 11.0. The summed E-state index contributed by atoms with van der Waals surface area (Å²) in [4.78, 5) is 24.1. The zero-order chi connectivity index (χ0) is 25.1. The number of carbonyl (C=O) groups is 1. The molecule has 34 heavy (non-hydrogen) atoms. The number of nitro benzene ring substituents is 1. The quantitative estimate of drug-likeness (QED) is 0.343. The second-order valence-electron chi connectivity index (χ2n) is 7.39. The van der Waals surface area contributed by atoms with Gasteiger partial charge in [-0.1, -0.05) is 18.2 Å². The first-order valence-corrected chi connectivity index (χ1v) is 11.4. The molecule has 1 fully saturated rings. The van der Waals surface area contributed by atoms with Crippen LogP contribution in [0.15, 0.2) is 53.4 Å². The molecule has 1 amide bonds. The highest BCUT2D eigenvalue weighted by molar-refractivity contribution is 7.89. The number of aryl methyl sites for hydroxylation is 1. The summed E-state index contributed by atoms with van der Waals surface area (Å²) in [5.74, 6) is -0.772. The van der Waals surface area contributed by atoms with Crippen LogP contribution in [0.3, 0.4) is 0 Å². The minimum atomic E-state index is -4.79. The molecule has 3 rings (SSSR count). The second-order valence-corrected chi connectivity index (χ2v) is 9.29. The van der Waals surface area contributed by atoms with E-state index in [1.54, 1.807) is 6.92 Å². The standard InChI is InChI=1S/C21H20F3N3O6S/c1-15-2-6-17(27(29)30)14-19(15)34(31,32)26-12-10-25(11-13-26)20(28)9-5-16-3-7-18(8-4-16)33-21(22,23)24/h2-9,14H,10-13H2,1H3/b9-5+. The van der Waals surface area contributed by atoms with Gasteiger partial charge in [-0.3, -0.25) is 14.9 Å². The zero-order valence-corrected chi connectivity index (χ0v) is 18.7. The molecule has 0 aromatic heterocycles. The van der Waals surface area contributed by atoms with Gasteiger partial charge in [0.1, 0.15) is 5.75 Å². The van der Waals surface area contributed by atoms with Gasteiger partial charge in [0, 0.05) is 44.4 Å². The van der Waals surface area contributed by atoms with Gasteiger partial charge in [-0.25, -0.2) is 8.42 Å². The van der Waals surface area contributed by atoms with Crippen molar-refractivity contribution < 1.29 is 36.0 Å². The maximum atomic E-state index is 13.0. The summed E-state index contributed by atoms with van der Waals surface area (Å²) in [7, 11) is -3.99. The van der Waals surface area contributed by atoms with E-state index < -0.39 is 21.3 Å². The third-order valence-corrected chi connectivity index (χ3v) is 7.12. The lowest BCUT2D eigenvalue weighted by molar-refractivity contribution is -0.385. The van der Waals surface area contributed by atoms with Crippen molar-refractivity contribution in [2.24, 2.45) is 0 Å². The third-order valence-electron chi connectivity index (χ3n) is 5.08. The Morgan fingerprint density at radius 3 is 2.26 bits per heavy atom. The van der Waals surface area contributed by atoms with Gasteiger partial charge in [0.2, 0.25) is 15.9 Å². The minimum Gasteiger partial charge on any atom is -0.406 e. The molecule has 1 saturated heterocycles. The van der Waals surface area contributed by atoms with Gasteiger partial charge < -0.3 is 9.64 Å². The molecule has 0 aliphatic carbocycles. The lowest BCUT2D eigenvalue weighted by Gasteiger charge is -2.33. The van der Waals surface area contributed by atoms with E-state index in [-0.39, 0.29) is 48.4 Å². The first-order valence-electron chi connectivity index (χ1n) is 9.95. The number of nitro groups is 1. The highest BCUT2D eigenvalue weighted by atomic mass is 32.2. The number of hydrogen-bond acceptors (Lipinski definition) is 6. The van der Waals surface area contributed by atoms with Crippen LogP contribution in [0.1, 0.15) is 11.1 Å². The number of amides is 1. The van der Waals surface area contributed by atoms with Crippen LogP contribution >= 0.6 is 0 Å². The second kappa shape index (κ2) is 9.81. The lowest BCUT2D eigenvalue weighted by atomic mass is 10.2. The Labute approximate surface area is 193 Å². The molecule has 0 atom stereocenters. The Hall–Kier alpha value is -3.45. The predicted octanol–water partition coefficient (Wildman–Crippen LogP) is 3.35. The van der Waals surface area contributed by atoms with Crippen LogP contribution in [0.25, 0.3) is 6.08 Å². The average molecular weight is 499 g/mol. The van der Waals surface area contributed by atoms with E-state index in [9.17, 15) is 36.5 Å². The van der Waals surface area contributed by atoms with E-state index >= 15 is 0 Å². The van der Waals surface area contributed by atoms with Crippen molar-refractivity contribution in [3.63, 3.8) is 0 Å². The van der Waals surface area contributed by atoms with E-state index in [2.05, 4.69) is 4.74 Å². The Bertz CT molecular complexity index is 1210. The maximum Gasteiger partial charge on any atom is 0.573 e. The summed E-state index contributed by atoms with van der Waals surface area (Å²) >= 11 is 0. The number of halogens is 3. The fraction of sp³-hybridized carbons (Fsp3) is 0.286. The highest BCUT2D eigenvalue weighted by Crippen LogP contribution is 2.26. The summed E-state index contributed by atoms with van der Waals surface area (Å²) in [6.07, 6.45) is -2.12. The maximum absolute atomic E-state index is 13.0. The molecule has 1 aliphatic heterocycles. The van der Waals surface area contributed by atoms with Gasteiger partial charge in [-0.15, -0.1) is 13.2 Å². The number of non-ortho nitro benzene ring substituents is 1. The number of hydrogen-bond donors (Lipinski definition) is 0. The van der Waals surface area contributed by atoms with Crippen molar-refractivity contribution in [2.45, 2.75) is 18.2 Å². The van der Waals surface area contributed by atoms with E-state index in [4.69, 9.17) is 0 Å². The fourth-order valence-electron chi connectivity index (χ4n) is 3.32. The fourth-order valence-corrected chi connectivity index (χ4v) is 4.99. The Kier molecular flexibility index (Phi) is 7.26. The predicted molar refractivity (Wildman–Crippen MR) is 115 cm³/mol. The van der Waals surface area contributed by atoms with Gasteiger partial charge in [-0.2, -0.15) is 4.31 Å². The van der Waals surface area contributed by atoms with E-state index in [0.29, 0.717) is 11.1 Å². The summed E-state index contributed by atoms with van der Waals surface area (Å²) in [6.45, 7) is 1.77. The topological polar surface area (TPSA) is 110 Å². The molecule has 0 saturated carbocycles. The molecule has 13 heteroatoms. The molecule has 0 bridgehead atoms. The summed E-state index contributed by atoms with van der Waals surface area (Å²) in [5.41, 5.74) is 0.519. The monoisotopic (exact) mass is 499 g/mol. The van der Waals surface area contributed by atoms with Crippen LogP contribution in [-0.2, 0) is 14.8 Å². The molecule has 0 radical (unpaired) electrons. The number of carbonyl (C=O) groups excluding carboxylic acids is 1. The molecular formula is C21H20F3N3O6S. The number of benzene rings is 2. The smallest absolute Gasteiger partial charge is 0.406 e. The molecule has 2 aromatic carbocycles. The minimum absolute atomic E-state index is 0.00746. The van der Waals surface area contributed by atoms with E-state index in [0.717, 1.165) is 18.2 Å². The molecule has 0 spiro atoms. The van der Waals surface area contributed by atoms with Crippen LogP contribution in [0.5, 0.6) is 5.75 Å². The first-order chi connectivity index (χ1) is 15.9. The van der Waals surface area contributed by atoms with Crippen LogP contribution in [0.4, 0.5) is 18.9 Å². The average Bonchev–Trinajstić information content (AvgIpc) is 2.77. The number of piperazine rings is 1. The molecule has 9 nitrogen and oxygen atoms in total. The number of sulfonamides is 1. The lowest BCUT2D eigenvalue weighted by Crippen LogP contribution is -2.50. The zero-order valence-electron chi connectivity index (χ0n) is 17.9. The van der Waals surface area contributed by atoms with Gasteiger partial charge in [0.15, 0.2) is 0 Å². The summed E-state index contributed by atoms with van der Waals surface area (Å²) < 4.78 is 67.6. The molecular weight excluding hydrogens is 479 g/mol. The van der Waals surface area contributed by atoms with Crippen LogP contribution < -0.4 is 4.74 Å².